The van der Waals surface area contributed by atoms with Gasteiger partial charge in [0.1, 0.15) is 5.75 Å². The third-order valence-electron chi connectivity index (χ3n) is 5.07. The SMILES string of the molecule is COc1cc(/C=N/NC(=O)COc2ccc([N+](=O)[O-])cc2)ccc1OCC(=O)N1CCCCC1. The molecule has 0 atom stereocenters. The Kier molecular flexibility index (Phi) is 8.78. The van der Waals surface area contributed by atoms with Crippen LogP contribution in [0.25, 0.3) is 0 Å². The Balaban J connectivity index is 1.46. The van der Waals surface area contributed by atoms with Gasteiger partial charge in [0, 0.05) is 25.2 Å². The van der Waals surface area contributed by atoms with E-state index in [2.05, 4.69) is 10.5 Å². The van der Waals surface area contributed by atoms with Crippen molar-refractivity contribution < 1.29 is 28.7 Å². The molecule has 0 unspecified atom stereocenters. The zero-order chi connectivity index (χ0) is 24.3. The van der Waals surface area contributed by atoms with Crippen LogP contribution in [0.4, 0.5) is 5.69 Å². The maximum absolute atomic E-state index is 12.3. The summed E-state index contributed by atoms with van der Waals surface area (Å²) in [5.74, 6) is 0.640. The lowest BCUT2D eigenvalue weighted by atomic mass is 10.1. The molecule has 1 N–H and O–H groups in total. The molecule has 2 aromatic rings. The van der Waals surface area contributed by atoms with E-state index in [9.17, 15) is 19.7 Å². The van der Waals surface area contributed by atoms with Gasteiger partial charge in [0.15, 0.2) is 24.7 Å². The van der Waals surface area contributed by atoms with E-state index < -0.39 is 10.8 Å². The topological polar surface area (TPSA) is 133 Å². The molecule has 1 heterocycles. The minimum atomic E-state index is -0.520. The number of hydrazone groups is 1. The number of non-ortho nitro benzene ring substituents is 1. The predicted molar refractivity (Wildman–Crippen MR) is 123 cm³/mol. The summed E-state index contributed by atoms with van der Waals surface area (Å²) in [5, 5.41) is 14.5. The molecule has 1 fully saturated rings. The van der Waals surface area contributed by atoms with Crippen LogP contribution in [0.3, 0.4) is 0 Å². The predicted octanol–water partition coefficient (Wildman–Crippen LogP) is 2.52. The van der Waals surface area contributed by atoms with Crippen LogP contribution in [0.5, 0.6) is 17.2 Å². The van der Waals surface area contributed by atoms with Crippen LogP contribution < -0.4 is 19.6 Å². The Morgan fingerprint density at radius 2 is 1.79 bits per heavy atom. The fourth-order valence-corrected chi connectivity index (χ4v) is 3.28. The number of methoxy groups -OCH3 is 1. The number of hydrogen-bond donors (Lipinski definition) is 1. The molecular formula is C23H26N4O7. The molecule has 180 valence electrons. The van der Waals surface area contributed by atoms with Gasteiger partial charge in [-0.05, 0) is 55.2 Å². The van der Waals surface area contributed by atoms with E-state index in [-0.39, 0.29) is 24.8 Å². The van der Waals surface area contributed by atoms with E-state index in [1.54, 1.807) is 18.2 Å². The van der Waals surface area contributed by atoms with Gasteiger partial charge in [0.2, 0.25) is 0 Å². The second kappa shape index (κ2) is 12.2. The number of piperidine rings is 1. The van der Waals surface area contributed by atoms with E-state index in [1.165, 1.54) is 37.6 Å². The lowest BCUT2D eigenvalue weighted by molar-refractivity contribution is -0.384. The largest absolute Gasteiger partial charge is 0.493 e. The average Bonchev–Trinajstić information content (AvgIpc) is 2.87. The van der Waals surface area contributed by atoms with Crippen LogP contribution in [0.15, 0.2) is 47.6 Å². The van der Waals surface area contributed by atoms with Crippen LogP contribution in [-0.4, -0.2) is 61.3 Å². The minimum Gasteiger partial charge on any atom is -0.493 e. The van der Waals surface area contributed by atoms with E-state index in [0.717, 1.165) is 32.4 Å². The van der Waals surface area contributed by atoms with Crippen LogP contribution in [0.2, 0.25) is 0 Å². The van der Waals surface area contributed by atoms with Crippen LogP contribution >= 0.6 is 0 Å². The molecule has 34 heavy (non-hydrogen) atoms. The molecule has 0 saturated carbocycles. The van der Waals surface area contributed by atoms with Gasteiger partial charge in [-0.15, -0.1) is 0 Å². The molecular weight excluding hydrogens is 444 g/mol. The number of nitro groups is 1. The van der Waals surface area contributed by atoms with Crippen molar-refractivity contribution in [2.75, 3.05) is 33.4 Å². The third-order valence-corrected chi connectivity index (χ3v) is 5.07. The van der Waals surface area contributed by atoms with E-state index in [0.29, 0.717) is 22.8 Å². The lowest BCUT2D eigenvalue weighted by Gasteiger charge is -2.26. The number of rotatable bonds is 10. The van der Waals surface area contributed by atoms with Crippen molar-refractivity contribution in [1.82, 2.24) is 10.3 Å². The zero-order valence-electron chi connectivity index (χ0n) is 18.8. The summed E-state index contributed by atoms with van der Waals surface area (Å²) >= 11 is 0. The molecule has 0 aliphatic carbocycles. The molecule has 0 radical (unpaired) electrons. The second-order valence-electron chi connectivity index (χ2n) is 7.47. The van der Waals surface area contributed by atoms with E-state index in [1.807, 2.05) is 4.90 Å². The van der Waals surface area contributed by atoms with Crippen molar-refractivity contribution in [3.05, 3.63) is 58.1 Å². The van der Waals surface area contributed by atoms with Gasteiger partial charge >= 0.3 is 0 Å². The van der Waals surface area contributed by atoms with Crippen molar-refractivity contribution in [2.24, 2.45) is 5.10 Å². The molecule has 1 saturated heterocycles. The summed E-state index contributed by atoms with van der Waals surface area (Å²) in [5.41, 5.74) is 2.91. The fraction of sp³-hybridized carbons (Fsp3) is 0.348. The van der Waals surface area contributed by atoms with Crippen molar-refractivity contribution in [2.45, 2.75) is 19.3 Å². The lowest BCUT2D eigenvalue weighted by Crippen LogP contribution is -2.38. The van der Waals surface area contributed by atoms with Gasteiger partial charge in [-0.2, -0.15) is 5.10 Å². The highest BCUT2D eigenvalue weighted by molar-refractivity contribution is 5.84. The number of benzene rings is 2. The molecule has 3 rings (SSSR count). The summed E-state index contributed by atoms with van der Waals surface area (Å²) in [4.78, 5) is 36.1. The molecule has 2 aromatic carbocycles. The summed E-state index contributed by atoms with van der Waals surface area (Å²) in [7, 11) is 1.49. The van der Waals surface area contributed by atoms with Crippen molar-refractivity contribution in [3.8, 4) is 17.2 Å². The summed E-state index contributed by atoms with van der Waals surface area (Å²) in [6, 6.07) is 10.4. The Morgan fingerprint density at radius 3 is 2.47 bits per heavy atom. The van der Waals surface area contributed by atoms with Crippen LogP contribution in [-0.2, 0) is 9.59 Å². The van der Waals surface area contributed by atoms with E-state index in [4.69, 9.17) is 14.2 Å². The van der Waals surface area contributed by atoms with Gasteiger partial charge in [-0.3, -0.25) is 19.7 Å². The molecule has 0 aromatic heterocycles. The smallest absolute Gasteiger partial charge is 0.277 e. The first-order valence-corrected chi connectivity index (χ1v) is 10.7. The summed E-state index contributed by atoms with van der Waals surface area (Å²) in [6.45, 7) is 1.16. The number of ether oxygens (including phenoxy) is 3. The van der Waals surface area contributed by atoms with Gasteiger partial charge in [-0.1, -0.05) is 0 Å². The van der Waals surface area contributed by atoms with Crippen molar-refractivity contribution in [1.29, 1.82) is 0 Å². The molecule has 2 amide bonds. The Morgan fingerprint density at radius 1 is 1.06 bits per heavy atom. The molecule has 1 aliphatic heterocycles. The standard InChI is InChI=1S/C23H26N4O7/c1-32-21-13-17(5-10-20(21)34-16-23(29)26-11-3-2-4-12-26)14-24-25-22(28)15-33-19-8-6-18(7-9-19)27(30)31/h5-10,13-14H,2-4,11-12,15-16H2,1H3,(H,25,28)/b24-14+. The maximum atomic E-state index is 12.3. The fourth-order valence-electron chi connectivity index (χ4n) is 3.28. The van der Waals surface area contributed by atoms with Crippen LogP contribution in [0, 0.1) is 10.1 Å². The van der Waals surface area contributed by atoms with Gasteiger partial charge < -0.3 is 19.1 Å². The molecule has 11 nitrogen and oxygen atoms in total. The highest BCUT2D eigenvalue weighted by atomic mass is 16.6. The number of nitrogens with zero attached hydrogens (tertiary/aromatic N) is 3. The normalized spacial score (nSPS) is 13.4. The first-order chi connectivity index (χ1) is 16.5. The number of nitro benzene ring substituents is 1. The molecule has 11 heteroatoms. The number of likely N-dealkylation sites (tertiary alicyclic amines) is 1. The Bertz CT molecular complexity index is 1030. The second-order valence-corrected chi connectivity index (χ2v) is 7.47. The van der Waals surface area contributed by atoms with Crippen molar-refractivity contribution in [3.63, 3.8) is 0 Å². The number of carbonyl (C=O) groups excluding carboxylic acids is 2. The number of amides is 2. The zero-order valence-corrected chi connectivity index (χ0v) is 18.8. The molecule has 1 aliphatic rings. The monoisotopic (exact) mass is 470 g/mol. The quantitative estimate of drug-likeness (QED) is 0.320. The highest BCUT2D eigenvalue weighted by Gasteiger charge is 2.17. The van der Waals surface area contributed by atoms with Crippen LogP contribution in [0.1, 0.15) is 24.8 Å². The Labute approximate surface area is 196 Å². The minimum absolute atomic E-state index is 0.0500. The van der Waals surface area contributed by atoms with Crippen molar-refractivity contribution >= 4 is 23.7 Å². The third kappa shape index (κ3) is 7.19. The van der Waals surface area contributed by atoms with Gasteiger partial charge in [0.25, 0.3) is 17.5 Å². The number of carbonyl (C=O) groups is 2. The number of nitrogens with one attached hydrogen (secondary N) is 1. The average molecular weight is 470 g/mol. The highest BCUT2D eigenvalue weighted by Crippen LogP contribution is 2.27. The number of hydrogen-bond acceptors (Lipinski definition) is 8. The van der Waals surface area contributed by atoms with Gasteiger partial charge in [-0.25, -0.2) is 5.43 Å². The first-order valence-electron chi connectivity index (χ1n) is 10.7. The summed E-state index contributed by atoms with van der Waals surface area (Å²) in [6.07, 6.45) is 4.61. The maximum Gasteiger partial charge on any atom is 0.277 e. The molecule has 0 spiro atoms. The Hall–Kier alpha value is -4.15. The summed E-state index contributed by atoms with van der Waals surface area (Å²) < 4.78 is 16.3. The van der Waals surface area contributed by atoms with E-state index >= 15 is 0 Å². The molecule has 0 bridgehead atoms. The van der Waals surface area contributed by atoms with Gasteiger partial charge in [0.05, 0.1) is 18.2 Å². The first kappa shape index (κ1) is 24.5.